The number of ether oxygens (including phenoxy) is 2. The van der Waals surface area contributed by atoms with E-state index in [-0.39, 0.29) is 36.7 Å². The first kappa shape index (κ1) is 18.9. The maximum absolute atomic E-state index is 13.1. The number of hydrogen-bond donors (Lipinski definition) is 1. The van der Waals surface area contributed by atoms with Crippen LogP contribution in [0.15, 0.2) is 18.2 Å². The Morgan fingerprint density at radius 1 is 1.29 bits per heavy atom. The molecule has 0 saturated heterocycles. The minimum atomic E-state index is -4.58. The van der Waals surface area contributed by atoms with Crippen molar-refractivity contribution in [2.75, 3.05) is 13.3 Å². The fourth-order valence-electron chi connectivity index (χ4n) is 3.12. The van der Waals surface area contributed by atoms with Crippen LogP contribution in [0.3, 0.4) is 0 Å². The lowest BCUT2D eigenvalue weighted by Gasteiger charge is -2.08. The predicted molar refractivity (Wildman–Crippen MR) is 93.7 cm³/mol. The van der Waals surface area contributed by atoms with E-state index >= 15 is 0 Å². The van der Waals surface area contributed by atoms with Crippen LogP contribution in [-0.2, 0) is 12.7 Å². The Labute approximate surface area is 163 Å². The molecule has 2 aliphatic rings. The lowest BCUT2D eigenvalue weighted by atomic mass is 10.2. The maximum Gasteiger partial charge on any atom is 0.436 e. The van der Waals surface area contributed by atoms with Gasteiger partial charge in [0.25, 0.3) is 5.91 Å². The van der Waals surface area contributed by atoms with Crippen molar-refractivity contribution >= 4 is 17.5 Å². The fraction of sp³-hybridized carbons (Fsp3) is 0.444. The Bertz CT molecular complexity index is 909. The smallest absolute Gasteiger partial charge is 0.436 e. The third kappa shape index (κ3) is 3.76. The number of benzene rings is 1. The number of aryl methyl sites for hydroxylation is 1. The van der Waals surface area contributed by atoms with Gasteiger partial charge in [-0.25, -0.2) is 0 Å². The summed E-state index contributed by atoms with van der Waals surface area (Å²) in [5.74, 6) is 0.822. The molecule has 0 bridgehead atoms. The molecule has 10 heteroatoms. The van der Waals surface area contributed by atoms with Crippen LogP contribution in [0.25, 0.3) is 0 Å². The Morgan fingerprint density at radius 3 is 2.75 bits per heavy atom. The largest absolute Gasteiger partial charge is 0.454 e. The molecule has 1 aromatic heterocycles. The second-order valence-electron chi connectivity index (χ2n) is 6.72. The highest BCUT2D eigenvalue weighted by Crippen LogP contribution is 2.46. The molecule has 0 radical (unpaired) electrons. The molecule has 2 heterocycles. The van der Waals surface area contributed by atoms with E-state index in [4.69, 9.17) is 21.1 Å². The van der Waals surface area contributed by atoms with Crippen molar-refractivity contribution in [1.82, 2.24) is 15.1 Å². The zero-order valence-corrected chi connectivity index (χ0v) is 15.4. The molecule has 150 valence electrons. The number of alkyl halides is 3. The van der Waals surface area contributed by atoms with Gasteiger partial charge in [0.15, 0.2) is 17.2 Å². The van der Waals surface area contributed by atoms with Crippen LogP contribution in [0, 0.1) is 0 Å². The second kappa shape index (κ2) is 7.20. The Hall–Kier alpha value is -2.42. The van der Waals surface area contributed by atoms with E-state index < -0.39 is 11.9 Å². The SMILES string of the molecule is O=C(NCCCn1nc(C(F)(F)F)c(Cl)c1C1CC1)c1ccc2c(c1)OCO2. The molecule has 4 rings (SSSR count). The Kier molecular flexibility index (Phi) is 4.86. The van der Waals surface area contributed by atoms with Gasteiger partial charge >= 0.3 is 6.18 Å². The Morgan fingerprint density at radius 2 is 2.04 bits per heavy atom. The number of nitrogens with one attached hydrogen (secondary N) is 1. The summed E-state index contributed by atoms with van der Waals surface area (Å²) in [6, 6.07) is 4.87. The van der Waals surface area contributed by atoms with Crippen LogP contribution in [0.1, 0.15) is 46.9 Å². The van der Waals surface area contributed by atoms with E-state index in [0.717, 1.165) is 12.8 Å². The third-order valence-electron chi connectivity index (χ3n) is 4.63. The number of rotatable bonds is 6. The van der Waals surface area contributed by atoms with Crippen LogP contribution < -0.4 is 14.8 Å². The topological polar surface area (TPSA) is 65.4 Å². The lowest BCUT2D eigenvalue weighted by Crippen LogP contribution is -2.25. The van der Waals surface area contributed by atoms with E-state index in [2.05, 4.69) is 10.4 Å². The van der Waals surface area contributed by atoms with Crippen molar-refractivity contribution in [3.05, 3.63) is 40.2 Å². The summed E-state index contributed by atoms with van der Waals surface area (Å²) in [7, 11) is 0. The van der Waals surface area contributed by atoms with Crippen LogP contribution in [0.5, 0.6) is 11.5 Å². The predicted octanol–water partition coefficient (Wildman–Crippen LogP) is 3.98. The highest BCUT2D eigenvalue weighted by molar-refractivity contribution is 6.32. The molecule has 1 aromatic carbocycles. The van der Waals surface area contributed by atoms with Gasteiger partial charge in [-0.05, 0) is 37.5 Å². The highest BCUT2D eigenvalue weighted by Gasteiger charge is 2.41. The highest BCUT2D eigenvalue weighted by atomic mass is 35.5. The van der Waals surface area contributed by atoms with Crippen molar-refractivity contribution in [3.8, 4) is 11.5 Å². The summed E-state index contributed by atoms with van der Waals surface area (Å²) in [4.78, 5) is 12.2. The van der Waals surface area contributed by atoms with Crippen molar-refractivity contribution in [2.24, 2.45) is 0 Å². The van der Waals surface area contributed by atoms with Gasteiger partial charge in [-0.3, -0.25) is 9.48 Å². The van der Waals surface area contributed by atoms with Crippen LogP contribution in [-0.4, -0.2) is 29.0 Å². The van der Waals surface area contributed by atoms with Crippen molar-refractivity contribution in [3.63, 3.8) is 0 Å². The van der Waals surface area contributed by atoms with E-state index in [1.165, 1.54) is 4.68 Å². The minimum absolute atomic E-state index is 0.0272. The Balaban J connectivity index is 1.36. The van der Waals surface area contributed by atoms with Crippen molar-refractivity contribution < 1.29 is 27.4 Å². The zero-order valence-electron chi connectivity index (χ0n) is 14.7. The number of halogens is 4. The standard InChI is InChI=1S/C18H17ClF3N3O3/c19-14-15(10-2-3-10)25(24-16(14)18(20,21)22)7-1-6-23-17(26)11-4-5-12-13(8-11)28-9-27-12/h4-5,8,10H,1-3,6-7,9H2,(H,23,26). The molecule has 0 unspecified atom stereocenters. The number of carbonyl (C=O) groups is 1. The van der Waals surface area contributed by atoms with Gasteiger partial charge < -0.3 is 14.8 Å². The van der Waals surface area contributed by atoms with Crippen molar-refractivity contribution in [2.45, 2.75) is 37.9 Å². The van der Waals surface area contributed by atoms with Gasteiger partial charge in [0.1, 0.15) is 0 Å². The van der Waals surface area contributed by atoms with Gasteiger partial charge in [0, 0.05) is 24.6 Å². The molecule has 1 aliphatic heterocycles. The molecule has 0 atom stereocenters. The molecule has 1 saturated carbocycles. The molecule has 2 aromatic rings. The first-order valence-corrected chi connectivity index (χ1v) is 9.23. The summed E-state index contributed by atoms with van der Waals surface area (Å²) >= 11 is 5.94. The number of fused-ring (bicyclic) bond motifs is 1. The van der Waals surface area contributed by atoms with E-state index in [1.54, 1.807) is 18.2 Å². The summed E-state index contributed by atoms with van der Waals surface area (Å²) in [6.07, 6.45) is -2.54. The summed E-state index contributed by atoms with van der Waals surface area (Å²) < 4.78 is 51.0. The van der Waals surface area contributed by atoms with Gasteiger partial charge in [0.05, 0.1) is 10.7 Å². The summed E-state index contributed by atoms with van der Waals surface area (Å²) in [6.45, 7) is 0.648. The van der Waals surface area contributed by atoms with Crippen LogP contribution >= 0.6 is 11.6 Å². The van der Waals surface area contributed by atoms with Gasteiger partial charge in [-0.15, -0.1) is 0 Å². The van der Waals surface area contributed by atoms with Gasteiger partial charge in [-0.2, -0.15) is 18.3 Å². The van der Waals surface area contributed by atoms with E-state index in [9.17, 15) is 18.0 Å². The monoisotopic (exact) mass is 415 g/mol. The first-order valence-electron chi connectivity index (χ1n) is 8.86. The minimum Gasteiger partial charge on any atom is -0.454 e. The normalized spacial score (nSPS) is 15.7. The molecule has 1 fully saturated rings. The van der Waals surface area contributed by atoms with Crippen molar-refractivity contribution in [1.29, 1.82) is 0 Å². The number of aromatic nitrogens is 2. The first-order chi connectivity index (χ1) is 13.3. The number of carbonyl (C=O) groups excluding carboxylic acids is 1. The molecule has 28 heavy (non-hydrogen) atoms. The van der Waals surface area contributed by atoms with Gasteiger partial charge in [0.2, 0.25) is 6.79 Å². The average Bonchev–Trinajstić information content (AvgIpc) is 3.25. The molecule has 1 N–H and O–H groups in total. The average molecular weight is 416 g/mol. The molecule has 0 spiro atoms. The number of hydrogen-bond acceptors (Lipinski definition) is 4. The lowest BCUT2D eigenvalue weighted by molar-refractivity contribution is -0.141. The number of amides is 1. The molecular weight excluding hydrogens is 399 g/mol. The van der Waals surface area contributed by atoms with Crippen LogP contribution in [0.2, 0.25) is 5.02 Å². The number of nitrogens with zero attached hydrogens (tertiary/aromatic N) is 2. The van der Waals surface area contributed by atoms with Gasteiger partial charge in [-0.1, -0.05) is 11.6 Å². The fourth-order valence-corrected chi connectivity index (χ4v) is 3.52. The maximum atomic E-state index is 13.1. The molecule has 1 aliphatic carbocycles. The third-order valence-corrected chi connectivity index (χ3v) is 5.00. The van der Waals surface area contributed by atoms with E-state index in [1.807, 2.05) is 0 Å². The quantitative estimate of drug-likeness (QED) is 0.725. The molecule has 6 nitrogen and oxygen atoms in total. The molecule has 1 amide bonds. The zero-order chi connectivity index (χ0) is 19.9. The summed E-state index contributed by atoms with van der Waals surface area (Å²) in [5.41, 5.74) is -0.180. The second-order valence-corrected chi connectivity index (χ2v) is 7.10. The van der Waals surface area contributed by atoms with Crippen LogP contribution in [0.4, 0.5) is 13.2 Å². The summed E-state index contributed by atoms with van der Waals surface area (Å²) in [5, 5.41) is 6.11. The molecular formula is C18H17ClF3N3O3. The van der Waals surface area contributed by atoms with E-state index in [0.29, 0.717) is 29.2 Å².